The number of hydrogen-bond acceptors (Lipinski definition) is 3. The van der Waals surface area contributed by atoms with Crippen LogP contribution < -0.4 is 10.6 Å². The van der Waals surface area contributed by atoms with E-state index in [1.807, 2.05) is 30.3 Å². The van der Waals surface area contributed by atoms with E-state index in [9.17, 15) is 4.79 Å². The van der Waals surface area contributed by atoms with Crippen molar-refractivity contribution in [2.45, 2.75) is 51.7 Å². The van der Waals surface area contributed by atoms with Gasteiger partial charge in [0.05, 0.1) is 19.8 Å². The molecule has 2 N–H and O–H groups in total. The maximum absolute atomic E-state index is 12.8. The molecule has 1 aliphatic heterocycles. The number of nitrogens with one attached hydrogen (secondary N) is 2. The van der Waals surface area contributed by atoms with Crippen molar-refractivity contribution in [3.8, 4) is 0 Å². The highest BCUT2D eigenvalue weighted by Gasteiger charge is 2.37. The van der Waals surface area contributed by atoms with Gasteiger partial charge >= 0.3 is 6.03 Å². The van der Waals surface area contributed by atoms with Crippen LogP contribution in [0.3, 0.4) is 0 Å². The van der Waals surface area contributed by atoms with Crippen LogP contribution in [0.4, 0.5) is 10.5 Å². The van der Waals surface area contributed by atoms with Gasteiger partial charge in [-0.05, 0) is 28.5 Å². The van der Waals surface area contributed by atoms with E-state index < -0.39 is 5.79 Å². The summed E-state index contributed by atoms with van der Waals surface area (Å²) in [6, 6.07) is 16.0. The second-order valence-electron chi connectivity index (χ2n) is 8.20. The highest BCUT2D eigenvalue weighted by molar-refractivity contribution is 5.91. The first-order chi connectivity index (χ1) is 13.9. The van der Waals surface area contributed by atoms with E-state index in [0.717, 1.165) is 22.4 Å². The first-order valence-corrected chi connectivity index (χ1v) is 10.4. The molecule has 0 atom stereocenters. The number of benzene rings is 2. The van der Waals surface area contributed by atoms with Crippen LogP contribution in [-0.4, -0.2) is 31.6 Å². The average molecular weight is 397 g/mol. The molecule has 2 aromatic carbocycles. The topological polar surface area (TPSA) is 59.6 Å². The van der Waals surface area contributed by atoms with Crippen LogP contribution in [0.15, 0.2) is 48.5 Å². The lowest BCUT2D eigenvalue weighted by molar-refractivity contribution is -0.150. The van der Waals surface area contributed by atoms with Gasteiger partial charge in [-0.25, -0.2) is 4.79 Å². The molecule has 0 radical (unpaired) electrons. The molecular weight excluding hydrogens is 364 g/mol. The largest absolute Gasteiger partial charge is 0.345 e. The number of anilines is 1. The molecule has 3 rings (SSSR count). The fraction of sp³-hybridized carbons (Fsp3) is 0.458. The van der Waals surface area contributed by atoms with Gasteiger partial charge in [-0.1, -0.05) is 76.2 Å². The fourth-order valence-corrected chi connectivity index (χ4v) is 3.74. The lowest BCUT2D eigenvalue weighted by atomic mass is 9.93. The van der Waals surface area contributed by atoms with E-state index in [1.165, 1.54) is 0 Å². The molecule has 2 amide bonds. The number of para-hydroxylation sites is 1. The van der Waals surface area contributed by atoms with Crippen molar-refractivity contribution >= 4 is 11.7 Å². The van der Waals surface area contributed by atoms with E-state index in [2.05, 4.69) is 56.5 Å². The van der Waals surface area contributed by atoms with Gasteiger partial charge in [-0.3, -0.25) is 0 Å². The molecule has 0 saturated carbocycles. The third-order valence-corrected chi connectivity index (χ3v) is 5.26. The Labute approximate surface area is 173 Å². The molecule has 0 bridgehead atoms. The molecule has 1 heterocycles. The lowest BCUT2D eigenvalue weighted by Crippen LogP contribution is -2.46. The van der Waals surface area contributed by atoms with E-state index >= 15 is 0 Å². The number of carbonyl (C=O) groups excluding carboxylic acids is 1. The minimum absolute atomic E-state index is 0.244. The molecule has 2 aromatic rings. The van der Waals surface area contributed by atoms with Crippen molar-refractivity contribution in [2.75, 3.05) is 25.1 Å². The fourth-order valence-electron chi connectivity index (χ4n) is 3.74. The summed E-state index contributed by atoms with van der Waals surface area (Å²) in [7, 11) is 0. The van der Waals surface area contributed by atoms with Crippen molar-refractivity contribution in [3.05, 3.63) is 65.2 Å². The minimum Gasteiger partial charge on any atom is -0.345 e. The standard InChI is InChI=1S/C24H32N2O3/c1-17(2)20-11-8-12-21(18(3)4)22(20)26-23(27)25-16-24(28-13-14-29-24)15-19-9-6-5-7-10-19/h5-12,17-18H,13-16H2,1-4H3,(H2,25,26,27). The van der Waals surface area contributed by atoms with Gasteiger partial charge < -0.3 is 20.1 Å². The van der Waals surface area contributed by atoms with Crippen molar-refractivity contribution in [1.29, 1.82) is 0 Å². The Bertz CT molecular complexity index is 786. The molecule has 1 fully saturated rings. The number of urea groups is 1. The van der Waals surface area contributed by atoms with Crippen LogP contribution >= 0.6 is 0 Å². The van der Waals surface area contributed by atoms with Crippen LogP contribution in [0, 0.1) is 0 Å². The van der Waals surface area contributed by atoms with Gasteiger partial charge in [0.15, 0.2) is 5.79 Å². The maximum Gasteiger partial charge on any atom is 0.319 e. The maximum atomic E-state index is 12.8. The van der Waals surface area contributed by atoms with Crippen LogP contribution in [0.5, 0.6) is 0 Å². The molecule has 1 saturated heterocycles. The summed E-state index contributed by atoms with van der Waals surface area (Å²) in [5.41, 5.74) is 4.29. The number of amides is 2. The van der Waals surface area contributed by atoms with E-state index in [4.69, 9.17) is 9.47 Å². The van der Waals surface area contributed by atoms with Crippen LogP contribution in [0.2, 0.25) is 0 Å². The lowest BCUT2D eigenvalue weighted by Gasteiger charge is -2.28. The number of hydrogen-bond donors (Lipinski definition) is 2. The summed E-state index contributed by atoms with van der Waals surface area (Å²) < 4.78 is 11.8. The zero-order valence-electron chi connectivity index (χ0n) is 17.8. The third kappa shape index (κ3) is 5.37. The summed E-state index contributed by atoms with van der Waals surface area (Å²) in [4.78, 5) is 12.8. The Morgan fingerprint density at radius 3 is 2.07 bits per heavy atom. The summed E-state index contributed by atoms with van der Waals surface area (Å²) >= 11 is 0. The number of rotatable bonds is 7. The van der Waals surface area contributed by atoms with Crippen molar-refractivity contribution in [2.24, 2.45) is 0 Å². The monoisotopic (exact) mass is 396 g/mol. The molecule has 5 nitrogen and oxygen atoms in total. The van der Waals surface area contributed by atoms with Gasteiger partial charge in [0.1, 0.15) is 0 Å². The predicted octanol–water partition coefficient (Wildman–Crippen LogP) is 5.04. The second kappa shape index (κ2) is 9.42. The highest BCUT2D eigenvalue weighted by Crippen LogP contribution is 2.32. The molecule has 0 aliphatic carbocycles. The molecule has 29 heavy (non-hydrogen) atoms. The van der Waals surface area contributed by atoms with Gasteiger partial charge in [0, 0.05) is 12.1 Å². The van der Waals surface area contributed by atoms with Gasteiger partial charge in [-0.15, -0.1) is 0 Å². The summed E-state index contributed by atoms with van der Waals surface area (Å²) in [6.45, 7) is 9.90. The van der Waals surface area contributed by atoms with Crippen LogP contribution in [0.25, 0.3) is 0 Å². The molecule has 5 heteroatoms. The van der Waals surface area contributed by atoms with Crippen molar-refractivity contribution in [3.63, 3.8) is 0 Å². The van der Waals surface area contributed by atoms with Crippen molar-refractivity contribution < 1.29 is 14.3 Å². The highest BCUT2D eigenvalue weighted by atomic mass is 16.7. The smallest absolute Gasteiger partial charge is 0.319 e. The van der Waals surface area contributed by atoms with E-state index in [0.29, 0.717) is 31.5 Å². The first-order valence-electron chi connectivity index (χ1n) is 10.4. The van der Waals surface area contributed by atoms with Crippen LogP contribution in [-0.2, 0) is 15.9 Å². The van der Waals surface area contributed by atoms with E-state index in [-0.39, 0.29) is 12.6 Å². The molecular formula is C24H32N2O3. The quantitative estimate of drug-likeness (QED) is 0.689. The summed E-state index contributed by atoms with van der Waals surface area (Å²) in [5.74, 6) is -0.193. The Hall–Kier alpha value is -2.37. The Morgan fingerprint density at radius 2 is 1.52 bits per heavy atom. The molecule has 1 aliphatic rings. The van der Waals surface area contributed by atoms with Crippen molar-refractivity contribution in [1.82, 2.24) is 5.32 Å². The van der Waals surface area contributed by atoms with Crippen LogP contribution in [0.1, 0.15) is 56.2 Å². The average Bonchev–Trinajstić information content (AvgIpc) is 3.15. The molecule has 0 aromatic heterocycles. The number of carbonyl (C=O) groups is 1. The van der Waals surface area contributed by atoms with Gasteiger partial charge in [0.2, 0.25) is 0 Å². The Kier molecular flexibility index (Phi) is 6.93. The Balaban J connectivity index is 1.71. The van der Waals surface area contributed by atoms with E-state index in [1.54, 1.807) is 0 Å². The predicted molar refractivity (Wildman–Crippen MR) is 116 cm³/mol. The van der Waals surface area contributed by atoms with Gasteiger partial charge in [-0.2, -0.15) is 0 Å². The first kappa shape index (κ1) is 21.3. The molecule has 0 unspecified atom stereocenters. The summed E-state index contributed by atoms with van der Waals surface area (Å²) in [5, 5.41) is 6.05. The minimum atomic E-state index is -0.822. The molecule has 0 spiro atoms. The zero-order chi connectivity index (χ0) is 20.9. The summed E-state index contributed by atoms with van der Waals surface area (Å²) in [6.07, 6.45) is 0.591. The van der Waals surface area contributed by atoms with Gasteiger partial charge in [0.25, 0.3) is 0 Å². The molecule has 156 valence electrons. The second-order valence-corrected chi connectivity index (χ2v) is 8.20. The normalized spacial score (nSPS) is 15.7. The Morgan fingerprint density at radius 1 is 0.931 bits per heavy atom. The number of ether oxygens (including phenoxy) is 2. The zero-order valence-corrected chi connectivity index (χ0v) is 17.8. The SMILES string of the molecule is CC(C)c1cccc(C(C)C)c1NC(=O)NCC1(Cc2ccccc2)OCCO1. The third-order valence-electron chi connectivity index (χ3n) is 5.26.